The number of rotatable bonds is 5. The first-order valence-electron chi connectivity index (χ1n) is 6.69. The molecule has 1 aromatic rings. The van der Waals surface area contributed by atoms with Crippen LogP contribution in [-0.2, 0) is 4.79 Å². The highest BCUT2D eigenvalue weighted by Gasteiger charge is 2.25. The zero-order valence-electron chi connectivity index (χ0n) is 11.6. The molecule has 1 fully saturated rings. The van der Waals surface area contributed by atoms with Gasteiger partial charge in [0.15, 0.2) is 0 Å². The fraction of sp³-hybridized carbons (Fsp3) is 0.533. The Balaban J connectivity index is 0.00000180. The van der Waals surface area contributed by atoms with Crippen molar-refractivity contribution in [2.24, 2.45) is 11.7 Å². The number of nitrogens with two attached hydrogens (primary N) is 1. The molecular weight excluding hydrogens is 260 g/mol. The number of nitrogens with one attached hydrogen (secondary N) is 1. The number of benzene rings is 1. The molecule has 0 heterocycles. The molecule has 0 aromatic heterocycles. The van der Waals surface area contributed by atoms with Gasteiger partial charge in [-0.25, -0.2) is 0 Å². The van der Waals surface area contributed by atoms with E-state index in [0.29, 0.717) is 0 Å². The number of carbonyl (C=O) groups is 1. The Hall–Kier alpha value is -1.06. The van der Waals surface area contributed by atoms with Gasteiger partial charge in [-0.15, -0.1) is 12.4 Å². The maximum absolute atomic E-state index is 12.0. The van der Waals surface area contributed by atoms with Crippen molar-refractivity contribution in [1.29, 1.82) is 0 Å². The van der Waals surface area contributed by atoms with Crippen LogP contribution in [0.3, 0.4) is 0 Å². The molecule has 0 spiro atoms. The van der Waals surface area contributed by atoms with Gasteiger partial charge in [0, 0.05) is 6.04 Å². The zero-order chi connectivity index (χ0) is 13.1. The molecule has 1 amide bonds. The van der Waals surface area contributed by atoms with Gasteiger partial charge in [-0.05, 0) is 31.7 Å². The monoisotopic (exact) mass is 282 g/mol. The normalized spacial score (nSPS) is 17.2. The Kier molecular flexibility index (Phi) is 5.83. The van der Waals surface area contributed by atoms with Crippen molar-refractivity contribution in [2.45, 2.75) is 45.2 Å². The van der Waals surface area contributed by atoms with Crippen molar-refractivity contribution >= 4 is 18.3 Å². The summed E-state index contributed by atoms with van der Waals surface area (Å²) in [4.78, 5) is 12.0. The van der Waals surface area contributed by atoms with E-state index in [4.69, 9.17) is 5.73 Å². The summed E-state index contributed by atoms with van der Waals surface area (Å²) in [7, 11) is 0. The summed E-state index contributed by atoms with van der Waals surface area (Å²) in [6.07, 6.45) is 3.70. The standard InChI is InChI=1S/C15H22N2O.ClH/c1-10-3-7-13(8-4-10)14(16)15(18)17-11(2)9-12-5-6-12;/h3-4,7-8,11-12,14H,5-6,9,16H2,1-2H3,(H,17,18);1H. The van der Waals surface area contributed by atoms with Crippen LogP contribution < -0.4 is 11.1 Å². The van der Waals surface area contributed by atoms with Crippen LogP contribution in [0.15, 0.2) is 24.3 Å². The Morgan fingerprint density at radius 1 is 1.37 bits per heavy atom. The maximum Gasteiger partial charge on any atom is 0.241 e. The van der Waals surface area contributed by atoms with Crippen LogP contribution >= 0.6 is 12.4 Å². The van der Waals surface area contributed by atoms with E-state index >= 15 is 0 Å². The highest BCUT2D eigenvalue weighted by Crippen LogP contribution is 2.33. The molecule has 106 valence electrons. The van der Waals surface area contributed by atoms with E-state index in [-0.39, 0.29) is 24.4 Å². The Labute approximate surface area is 121 Å². The molecule has 0 saturated heterocycles. The van der Waals surface area contributed by atoms with E-state index in [1.165, 1.54) is 18.4 Å². The van der Waals surface area contributed by atoms with Crippen molar-refractivity contribution in [3.63, 3.8) is 0 Å². The third-order valence-corrected chi connectivity index (χ3v) is 3.49. The summed E-state index contributed by atoms with van der Waals surface area (Å²) in [5.74, 6) is 0.739. The Morgan fingerprint density at radius 3 is 2.47 bits per heavy atom. The second-order valence-electron chi connectivity index (χ2n) is 5.48. The fourth-order valence-electron chi connectivity index (χ4n) is 2.17. The van der Waals surface area contributed by atoms with E-state index in [1.807, 2.05) is 31.2 Å². The van der Waals surface area contributed by atoms with Crippen molar-refractivity contribution in [3.8, 4) is 0 Å². The number of amides is 1. The predicted molar refractivity (Wildman–Crippen MR) is 80.3 cm³/mol. The molecule has 3 N–H and O–H groups in total. The predicted octanol–water partition coefficient (Wildman–Crippen LogP) is 2.72. The lowest BCUT2D eigenvalue weighted by Gasteiger charge is -2.17. The summed E-state index contributed by atoms with van der Waals surface area (Å²) in [5, 5.41) is 3.00. The quantitative estimate of drug-likeness (QED) is 0.872. The van der Waals surface area contributed by atoms with Gasteiger partial charge in [0.2, 0.25) is 5.91 Å². The molecule has 2 atom stereocenters. The molecule has 0 aliphatic heterocycles. The average molecular weight is 283 g/mol. The number of carbonyl (C=O) groups excluding carboxylic acids is 1. The molecular formula is C15H23ClN2O. The van der Waals surface area contributed by atoms with Crippen LogP contribution in [-0.4, -0.2) is 11.9 Å². The van der Waals surface area contributed by atoms with Gasteiger partial charge < -0.3 is 11.1 Å². The minimum absolute atomic E-state index is 0. The van der Waals surface area contributed by atoms with E-state index < -0.39 is 6.04 Å². The van der Waals surface area contributed by atoms with Crippen LogP contribution in [0.25, 0.3) is 0 Å². The zero-order valence-corrected chi connectivity index (χ0v) is 12.4. The molecule has 2 unspecified atom stereocenters. The molecule has 0 bridgehead atoms. The van der Waals surface area contributed by atoms with Gasteiger partial charge in [-0.2, -0.15) is 0 Å². The van der Waals surface area contributed by atoms with E-state index in [1.54, 1.807) is 0 Å². The number of hydrogen-bond acceptors (Lipinski definition) is 2. The molecule has 1 aliphatic carbocycles. The number of halogens is 1. The van der Waals surface area contributed by atoms with Gasteiger partial charge in [0.05, 0.1) is 0 Å². The molecule has 3 nitrogen and oxygen atoms in total. The minimum atomic E-state index is -0.563. The molecule has 4 heteroatoms. The molecule has 1 saturated carbocycles. The average Bonchev–Trinajstić information content (AvgIpc) is 3.12. The lowest BCUT2D eigenvalue weighted by molar-refractivity contribution is -0.123. The number of hydrogen-bond donors (Lipinski definition) is 2. The van der Waals surface area contributed by atoms with E-state index in [9.17, 15) is 4.79 Å². The van der Waals surface area contributed by atoms with Crippen LogP contribution in [0.2, 0.25) is 0 Å². The van der Waals surface area contributed by atoms with E-state index in [0.717, 1.165) is 17.9 Å². The summed E-state index contributed by atoms with van der Waals surface area (Å²) >= 11 is 0. The first kappa shape index (κ1) is 16.0. The van der Waals surface area contributed by atoms with Gasteiger partial charge in [-0.1, -0.05) is 42.7 Å². The van der Waals surface area contributed by atoms with Crippen LogP contribution in [0, 0.1) is 12.8 Å². The van der Waals surface area contributed by atoms with Crippen molar-refractivity contribution < 1.29 is 4.79 Å². The third kappa shape index (κ3) is 4.84. The fourth-order valence-corrected chi connectivity index (χ4v) is 2.17. The van der Waals surface area contributed by atoms with Crippen LogP contribution in [0.1, 0.15) is 43.4 Å². The van der Waals surface area contributed by atoms with Crippen molar-refractivity contribution in [1.82, 2.24) is 5.32 Å². The molecule has 1 aliphatic rings. The summed E-state index contributed by atoms with van der Waals surface area (Å²) in [6.45, 7) is 4.07. The minimum Gasteiger partial charge on any atom is -0.352 e. The Bertz CT molecular complexity index is 415. The first-order valence-corrected chi connectivity index (χ1v) is 6.69. The summed E-state index contributed by atoms with van der Waals surface area (Å²) in [5.41, 5.74) is 8.02. The summed E-state index contributed by atoms with van der Waals surface area (Å²) in [6, 6.07) is 7.47. The van der Waals surface area contributed by atoms with Crippen LogP contribution in [0.4, 0.5) is 0 Å². The van der Waals surface area contributed by atoms with E-state index in [2.05, 4.69) is 12.2 Å². The number of aryl methyl sites for hydroxylation is 1. The lowest BCUT2D eigenvalue weighted by Crippen LogP contribution is -2.39. The van der Waals surface area contributed by atoms with Gasteiger partial charge in [0.25, 0.3) is 0 Å². The van der Waals surface area contributed by atoms with Gasteiger partial charge in [-0.3, -0.25) is 4.79 Å². The Morgan fingerprint density at radius 2 is 1.95 bits per heavy atom. The third-order valence-electron chi connectivity index (χ3n) is 3.49. The molecule has 0 radical (unpaired) electrons. The van der Waals surface area contributed by atoms with Gasteiger partial charge >= 0.3 is 0 Å². The first-order chi connectivity index (χ1) is 8.56. The maximum atomic E-state index is 12.0. The van der Waals surface area contributed by atoms with Gasteiger partial charge in [0.1, 0.15) is 6.04 Å². The summed E-state index contributed by atoms with van der Waals surface area (Å²) < 4.78 is 0. The second-order valence-corrected chi connectivity index (χ2v) is 5.48. The van der Waals surface area contributed by atoms with Crippen molar-refractivity contribution in [2.75, 3.05) is 0 Å². The second kappa shape index (κ2) is 6.92. The van der Waals surface area contributed by atoms with Crippen molar-refractivity contribution in [3.05, 3.63) is 35.4 Å². The topological polar surface area (TPSA) is 55.1 Å². The van der Waals surface area contributed by atoms with Crippen LogP contribution in [0.5, 0.6) is 0 Å². The highest BCUT2D eigenvalue weighted by atomic mass is 35.5. The highest BCUT2D eigenvalue weighted by molar-refractivity contribution is 5.85. The smallest absolute Gasteiger partial charge is 0.241 e. The SMILES string of the molecule is Cc1ccc(C(N)C(=O)NC(C)CC2CC2)cc1.Cl. The molecule has 1 aromatic carbocycles. The molecule has 2 rings (SSSR count). The largest absolute Gasteiger partial charge is 0.352 e. The molecule has 19 heavy (non-hydrogen) atoms. The lowest BCUT2D eigenvalue weighted by atomic mass is 10.0.